The van der Waals surface area contributed by atoms with E-state index in [-0.39, 0.29) is 0 Å². The van der Waals surface area contributed by atoms with Crippen molar-refractivity contribution in [3.8, 4) is 11.5 Å². The van der Waals surface area contributed by atoms with E-state index < -0.39 is 0 Å². The van der Waals surface area contributed by atoms with Crippen molar-refractivity contribution in [2.24, 2.45) is 5.41 Å². The van der Waals surface area contributed by atoms with Gasteiger partial charge in [0.25, 0.3) is 0 Å². The minimum Gasteiger partial charge on any atom is -0.457 e. The first-order chi connectivity index (χ1) is 10.0. The van der Waals surface area contributed by atoms with Gasteiger partial charge in [0.1, 0.15) is 11.5 Å². The Morgan fingerprint density at radius 1 is 0.905 bits per heavy atom. The summed E-state index contributed by atoms with van der Waals surface area (Å²) in [5.41, 5.74) is 1.63. The number of hydrogen-bond donors (Lipinski definition) is 1. The molecule has 2 aromatic carbocycles. The van der Waals surface area contributed by atoms with E-state index in [0.29, 0.717) is 5.41 Å². The summed E-state index contributed by atoms with van der Waals surface area (Å²) >= 11 is 0. The van der Waals surface area contributed by atoms with E-state index in [4.69, 9.17) is 4.74 Å². The minimum absolute atomic E-state index is 0.380. The molecule has 0 aliphatic heterocycles. The second kappa shape index (κ2) is 7.28. The van der Waals surface area contributed by atoms with Crippen molar-refractivity contribution in [2.75, 3.05) is 6.54 Å². The van der Waals surface area contributed by atoms with Crippen molar-refractivity contribution in [3.63, 3.8) is 0 Å². The smallest absolute Gasteiger partial charge is 0.127 e. The molecule has 2 aromatic rings. The van der Waals surface area contributed by atoms with E-state index in [9.17, 15) is 0 Å². The van der Waals surface area contributed by atoms with Crippen LogP contribution in [0.4, 0.5) is 0 Å². The summed E-state index contributed by atoms with van der Waals surface area (Å²) in [6.45, 7) is 8.71. The average Bonchev–Trinajstić information content (AvgIpc) is 2.44. The molecule has 0 heterocycles. The van der Waals surface area contributed by atoms with Gasteiger partial charge in [0.05, 0.1) is 0 Å². The highest BCUT2D eigenvalue weighted by Crippen LogP contribution is 2.22. The van der Waals surface area contributed by atoms with Crippen LogP contribution in [-0.4, -0.2) is 6.54 Å². The van der Waals surface area contributed by atoms with Crippen molar-refractivity contribution >= 4 is 0 Å². The maximum atomic E-state index is 5.85. The molecule has 112 valence electrons. The monoisotopic (exact) mass is 283 g/mol. The van der Waals surface area contributed by atoms with Crippen LogP contribution in [0.1, 0.15) is 32.8 Å². The molecule has 1 N–H and O–H groups in total. The highest BCUT2D eigenvalue weighted by Gasteiger charge is 2.08. The molecule has 0 unspecified atom stereocenters. The number of nitrogens with one attached hydrogen (secondary N) is 1. The van der Waals surface area contributed by atoms with Crippen molar-refractivity contribution in [1.29, 1.82) is 0 Å². The summed E-state index contributed by atoms with van der Waals surface area (Å²) < 4.78 is 5.85. The first kappa shape index (κ1) is 15.6. The predicted molar refractivity (Wildman–Crippen MR) is 88.7 cm³/mol. The number of para-hydroxylation sites is 1. The van der Waals surface area contributed by atoms with Crippen LogP contribution >= 0.6 is 0 Å². The molecule has 0 aliphatic rings. The van der Waals surface area contributed by atoms with Gasteiger partial charge in [0.2, 0.25) is 0 Å². The van der Waals surface area contributed by atoms with Crippen LogP contribution in [0.2, 0.25) is 0 Å². The number of ether oxygens (including phenoxy) is 1. The molecule has 0 radical (unpaired) electrons. The Kier molecular flexibility index (Phi) is 5.40. The molecule has 0 bridgehead atoms. The van der Waals surface area contributed by atoms with Crippen molar-refractivity contribution in [1.82, 2.24) is 5.32 Å². The lowest BCUT2D eigenvalue weighted by Gasteiger charge is -2.18. The normalized spacial score (nSPS) is 11.4. The Balaban J connectivity index is 1.86. The van der Waals surface area contributed by atoms with Crippen molar-refractivity contribution in [2.45, 2.75) is 33.7 Å². The lowest BCUT2D eigenvalue weighted by Crippen LogP contribution is -2.20. The van der Waals surface area contributed by atoms with Gasteiger partial charge in [0.15, 0.2) is 0 Å². The number of benzene rings is 2. The fourth-order valence-electron chi connectivity index (χ4n) is 2.04. The van der Waals surface area contributed by atoms with Crippen LogP contribution in [0.15, 0.2) is 54.6 Å². The van der Waals surface area contributed by atoms with Gasteiger partial charge < -0.3 is 10.1 Å². The van der Waals surface area contributed by atoms with E-state index >= 15 is 0 Å². The quantitative estimate of drug-likeness (QED) is 0.753. The van der Waals surface area contributed by atoms with E-state index in [1.54, 1.807) is 0 Å². The maximum Gasteiger partial charge on any atom is 0.127 e. The summed E-state index contributed by atoms with van der Waals surface area (Å²) in [7, 11) is 0. The molecule has 0 saturated carbocycles. The van der Waals surface area contributed by atoms with Gasteiger partial charge in [-0.25, -0.2) is 0 Å². The lowest BCUT2D eigenvalue weighted by molar-refractivity contribution is 0.366. The second-order valence-electron chi connectivity index (χ2n) is 6.55. The van der Waals surface area contributed by atoms with Crippen LogP contribution in [0.5, 0.6) is 11.5 Å². The highest BCUT2D eigenvalue weighted by molar-refractivity contribution is 5.33. The van der Waals surface area contributed by atoms with Crippen LogP contribution in [0.25, 0.3) is 0 Å². The fourth-order valence-corrected chi connectivity index (χ4v) is 2.04. The van der Waals surface area contributed by atoms with Gasteiger partial charge in [0, 0.05) is 6.54 Å². The zero-order chi connectivity index (χ0) is 15.1. The number of rotatable bonds is 6. The molecule has 2 heteroatoms. The van der Waals surface area contributed by atoms with Gasteiger partial charge >= 0.3 is 0 Å². The molecule has 0 fully saturated rings. The largest absolute Gasteiger partial charge is 0.457 e. The average molecular weight is 283 g/mol. The predicted octanol–water partition coefficient (Wildman–Crippen LogP) is 5.00. The first-order valence-corrected chi connectivity index (χ1v) is 7.55. The Morgan fingerprint density at radius 3 is 2.33 bits per heavy atom. The summed E-state index contributed by atoms with van der Waals surface area (Å²) in [6.07, 6.45) is 1.17. The third-order valence-electron chi connectivity index (χ3n) is 3.26. The molecule has 2 nitrogen and oxygen atoms in total. The summed E-state index contributed by atoms with van der Waals surface area (Å²) in [6, 6.07) is 18.1. The molecule has 0 amide bonds. The summed E-state index contributed by atoms with van der Waals surface area (Å²) in [4.78, 5) is 0. The zero-order valence-corrected chi connectivity index (χ0v) is 13.2. The fraction of sp³-hybridized carbons (Fsp3) is 0.368. The topological polar surface area (TPSA) is 21.3 Å². The third kappa shape index (κ3) is 6.01. The van der Waals surface area contributed by atoms with E-state index in [0.717, 1.165) is 24.6 Å². The standard InChI is InChI=1S/C19H25NO/c1-19(2,3)12-13-20-15-16-8-7-11-18(14-16)21-17-9-5-4-6-10-17/h4-11,14,20H,12-13,15H2,1-3H3. The molecule has 21 heavy (non-hydrogen) atoms. The Bertz CT molecular complexity index is 543. The summed E-state index contributed by atoms with van der Waals surface area (Å²) in [5, 5.41) is 3.49. The van der Waals surface area contributed by atoms with Crippen LogP contribution in [0.3, 0.4) is 0 Å². The molecular formula is C19H25NO. The SMILES string of the molecule is CC(C)(C)CCNCc1cccc(Oc2ccccc2)c1. The lowest BCUT2D eigenvalue weighted by atomic mass is 9.92. The highest BCUT2D eigenvalue weighted by atomic mass is 16.5. The van der Waals surface area contributed by atoms with Gasteiger partial charge in [-0.15, -0.1) is 0 Å². The minimum atomic E-state index is 0.380. The van der Waals surface area contributed by atoms with Gasteiger partial charge in [-0.3, -0.25) is 0 Å². The molecular weight excluding hydrogens is 258 g/mol. The summed E-state index contributed by atoms with van der Waals surface area (Å²) in [5.74, 6) is 1.76. The van der Waals surface area contributed by atoms with E-state index in [1.165, 1.54) is 12.0 Å². The van der Waals surface area contributed by atoms with Gasteiger partial charge in [-0.2, -0.15) is 0 Å². The molecule has 0 aromatic heterocycles. The van der Waals surface area contributed by atoms with Crippen LogP contribution in [0, 0.1) is 5.41 Å². The van der Waals surface area contributed by atoms with E-state index in [2.05, 4.69) is 38.2 Å². The number of hydrogen-bond acceptors (Lipinski definition) is 2. The van der Waals surface area contributed by atoms with Crippen LogP contribution < -0.4 is 10.1 Å². The van der Waals surface area contributed by atoms with Crippen molar-refractivity contribution in [3.05, 3.63) is 60.2 Å². The Morgan fingerprint density at radius 2 is 1.62 bits per heavy atom. The Labute approximate surface area is 128 Å². The van der Waals surface area contributed by atoms with Gasteiger partial charge in [-0.05, 0) is 48.2 Å². The molecule has 0 atom stereocenters. The van der Waals surface area contributed by atoms with E-state index in [1.807, 2.05) is 42.5 Å². The zero-order valence-electron chi connectivity index (χ0n) is 13.2. The Hall–Kier alpha value is -1.80. The molecule has 0 aliphatic carbocycles. The maximum absolute atomic E-state index is 5.85. The van der Waals surface area contributed by atoms with Crippen molar-refractivity contribution < 1.29 is 4.74 Å². The first-order valence-electron chi connectivity index (χ1n) is 7.55. The molecule has 2 rings (SSSR count). The molecule has 0 spiro atoms. The second-order valence-corrected chi connectivity index (χ2v) is 6.55. The van der Waals surface area contributed by atoms with Gasteiger partial charge in [-0.1, -0.05) is 51.1 Å². The molecule has 0 saturated heterocycles. The third-order valence-corrected chi connectivity index (χ3v) is 3.26. The van der Waals surface area contributed by atoms with Crippen LogP contribution in [-0.2, 0) is 6.54 Å².